The lowest BCUT2D eigenvalue weighted by Gasteiger charge is -2.44. The minimum Gasteiger partial charge on any atom is -0.336 e. The highest BCUT2D eigenvalue weighted by Crippen LogP contribution is 2.59. The van der Waals surface area contributed by atoms with Crippen molar-refractivity contribution in [3.05, 3.63) is 119 Å². The van der Waals surface area contributed by atoms with Gasteiger partial charge in [-0.1, -0.05) is 108 Å². The van der Waals surface area contributed by atoms with Crippen LogP contribution in [0.5, 0.6) is 0 Å². The minimum atomic E-state index is -0.940. The van der Waals surface area contributed by atoms with Crippen LogP contribution in [0.3, 0.4) is 0 Å². The summed E-state index contributed by atoms with van der Waals surface area (Å²) in [5.74, 6) is 0. The molecular weight excluding hydrogens is 499 g/mol. The highest BCUT2D eigenvalue weighted by atomic mass is 35.5. The number of para-hydroxylation sites is 2. The smallest absolute Gasteiger partial charge is 0.105 e. The van der Waals surface area contributed by atoms with E-state index < -0.39 is 16.4 Å². The summed E-state index contributed by atoms with van der Waals surface area (Å²) in [6.45, 7) is 0. The Morgan fingerprint density at radius 2 is 0.794 bits per heavy atom. The summed E-state index contributed by atoms with van der Waals surface area (Å²) in [6.07, 6.45) is 0. The number of hydrogen-bond donors (Lipinski definition) is 0. The molecule has 0 radical (unpaired) electrons. The van der Waals surface area contributed by atoms with E-state index in [9.17, 15) is 0 Å². The Hall–Kier alpha value is -2.12. The van der Waals surface area contributed by atoms with E-state index in [1.54, 1.807) is 0 Å². The van der Waals surface area contributed by atoms with Crippen LogP contribution in [0.15, 0.2) is 109 Å². The number of rotatable bonds is 8. The molecule has 4 aromatic rings. The van der Waals surface area contributed by atoms with Crippen LogP contribution >= 0.6 is 39.6 Å². The largest absolute Gasteiger partial charge is 0.336 e. The third-order valence-corrected chi connectivity index (χ3v) is 11.3. The summed E-state index contributed by atoms with van der Waals surface area (Å²) in [5, 5.41) is 3.98. The number of benzene rings is 4. The van der Waals surface area contributed by atoms with Crippen LogP contribution in [0.1, 0.15) is 0 Å². The Morgan fingerprint density at radius 3 is 1.15 bits per heavy atom. The normalized spacial score (nSPS) is 12.9. The molecule has 0 bridgehead atoms. The molecule has 0 aliphatic heterocycles. The van der Waals surface area contributed by atoms with Gasteiger partial charge in [-0.05, 0) is 31.3 Å². The Balaban J connectivity index is 1.84. The summed E-state index contributed by atoms with van der Waals surface area (Å²) >= 11 is 13.3. The van der Waals surface area contributed by atoms with Gasteiger partial charge in [-0.3, -0.25) is 0 Å². The Morgan fingerprint density at radius 1 is 0.471 bits per heavy atom. The maximum Gasteiger partial charge on any atom is 0.105 e. The van der Waals surface area contributed by atoms with Gasteiger partial charge < -0.3 is 9.34 Å². The molecule has 0 aliphatic rings. The van der Waals surface area contributed by atoms with Crippen molar-refractivity contribution in [2.24, 2.45) is 0 Å². The zero-order valence-corrected chi connectivity index (χ0v) is 22.7. The van der Waals surface area contributed by atoms with Gasteiger partial charge in [-0.2, -0.15) is 0 Å². The summed E-state index contributed by atoms with van der Waals surface area (Å²) < 4.78 is 7.11. The van der Waals surface area contributed by atoms with Crippen molar-refractivity contribution in [1.82, 2.24) is 4.44 Å². The molecule has 0 saturated heterocycles. The average molecular weight is 526 g/mol. The molecule has 0 saturated carbocycles. The van der Waals surface area contributed by atoms with Crippen LogP contribution in [0.25, 0.3) is 0 Å². The molecule has 2 atom stereocenters. The number of hydrogen-bond acceptors (Lipinski definition) is 3. The van der Waals surface area contributed by atoms with Crippen LogP contribution < -0.4 is 19.9 Å². The Bertz CT molecular complexity index is 1120. The van der Waals surface area contributed by atoms with Gasteiger partial charge in [0.1, 0.15) is 16.4 Å². The van der Waals surface area contributed by atoms with E-state index in [2.05, 4.69) is 108 Å². The van der Waals surface area contributed by atoms with Crippen LogP contribution in [0.2, 0.25) is 10.0 Å². The Labute approximate surface area is 215 Å². The molecule has 0 N–H and O–H groups in total. The minimum absolute atomic E-state index is 0.741. The fraction of sp³-hybridized carbons (Fsp3) is 0.111. The van der Waals surface area contributed by atoms with Crippen molar-refractivity contribution in [3.63, 3.8) is 0 Å². The second-order valence-corrected chi connectivity index (χ2v) is 13.4. The second-order valence-electron chi connectivity index (χ2n) is 7.69. The van der Waals surface area contributed by atoms with Crippen LogP contribution in [0, 0.1) is 0 Å². The predicted octanol–water partition coefficient (Wildman–Crippen LogP) is 7.77. The molecule has 7 heteroatoms. The highest BCUT2D eigenvalue weighted by molar-refractivity contribution is 7.79. The fourth-order valence-electron chi connectivity index (χ4n) is 3.90. The van der Waals surface area contributed by atoms with Gasteiger partial charge in [-0.25, -0.2) is 4.44 Å². The predicted molar refractivity (Wildman–Crippen MR) is 153 cm³/mol. The molecule has 4 rings (SSSR count). The zero-order valence-electron chi connectivity index (χ0n) is 19.4. The monoisotopic (exact) mass is 525 g/mol. The van der Waals surface area contributed by atoms with E-state index in [1.807, 2.05) is 36.4 Å². The maximum absolute atomic E-state index is 6.66. The molecule has 3 nitrogen and oxygen atoms in total. The summed E-state index contributed by atoms with van der Waals surface area (Å²) in [6, 6.07) is 37.4. The second kappa shape index (κ2) is 11.5. The lowest BCUT2D eigenvalue weighted by molar-refractivity contribution is 0.878. The zero-order chi connectivity index (χ0) is 24.1. The van der Waals surface area contributed by atoms with E-state index in [1.165, 1.54) is 10.6 Å². The molecule has 0 amide bonds. The summed E-state index contributed by atoms with van der Waals surface area (Å²) in [7, 11) is 4.59. The van der Waals surface area contributed by atoms with Crippen molar-refractivity contribution < 1.29 is 0 Å². The standard InChI is InChI=1S/C27H27Cl2N3P2/c1-30(26-20-12-10-18-24(26)28)33(22-14-6-4-7-15-22)32(3)34(23-16-8-5-9-17-23)31(2)27-21-13-11-19-25(27)29/h4-21H,1-3H3. The molecule has 2 unspecified atom stereocenters. The van der Waals surface area contributed by atoms with Crippen molar-refractivity contribution in [2.45, 2.75) is 0 Å². The summed E-state index contributed by atoms with van der Waals surface area (Å²) in [5.41, 5.74) is 2.02. The molecule has 0 heterocycles. The van der Waals surface area contributed by atoms with Crippen molar-refractivity contribution in [2.75, 3.05) is 30.5 Å². The number of nitrogens with zero attached hydrogens (tertiary/aromatic N) is 3. The van der Waals surface area contributed by atoms with Crippen molar-refractivity contribution in [3.8, 4) is 0 Å². The molecule has 174 valence electrons. The molecule has 34 heavy (non-hydrogen) atoms. The van der Waals surface area contributed by atoms with Gasteiger partial charge in [-0.15, -0.1) is 0 Å². The van der Waals surface area contributed by atoms with E-state index in [0.29, 0.717) is 0 Å². The van der Waals surface area contributed by atoms with Gasteiger partial charge in [0.2, 0.25) is 0 Å². The van der Waals surface area contributed by atoms with E-state index >= 15 is 0 Å². The summed E-state index contributed by atoms with van der Waals surface area (Å²) in [4.78, 5) is 0. The van der Waals surface area contributed by atoms with Gasteiger partial charge in [0, 0.05) is 24.7 Å². The lowest BCUT2D eigenvalue weighted by atomic mass is 10.3. The fourth-order valence-corrected chi connectivity index (χ4v) is 10.3. The van der Waals surface area contributed by atoms with E-state index in [4.69, 9.17) is 23.2 Å². The molecular formula is C27H27Cl2N3P2. The van der Waals surface area contributed by atoms with Crippen LogP contribution in [-0.4, -0.2) is 25.6 Å². The first-order valence-electron chi connectivity index (χ1n) is 10.9. The van der Waals surface area contributed by atoms with Crippen molar-refractivity contribution in [1.29, 1.82) is 0 Å². The first kappa shape index (κ1) is 25.0. The Kier molecular flexibility index (Phi) is 8.48. The quantitative estimate of drug-likeness (QED) is 0.217. The van der Waals surface area contributed by atoms with Gasteiger partial charge in [0.25, 0.3) is 0 Å². The van der Waals surface area contributed by atoms with Crippen LogP contribution in [0.4, 0.5) is 11.4 Å². The lowest BCUT2D eigenvalue weighted by Crippen LogP contribution is -2.33. The highest BCUT2D eigenvalue weighted by Gasteiger charge is 2.33. The molecule has 4 aromatic carbocycles. The first-order chi connectivity index (χ1) is 16.5. The first-order valence-corrected chi connectivity index (χ1v) is 14.1. The van der Waals surface area contributed by atoms with E-state index in [0.717, 1.165) is 21.4 Å². The molecule has 0 aliphatic carbocycles. The van der Waals surface area contributed by atoms with Crippen LogP contribution in [-0.2, 0) is 0 Å². The third kappa shape index (κ3) is 5.41. The molecule has 0 fully saturated rings. The average Bonchev–Trinajstić information content (AvgIpc) is 2.86. The maximum atomic E-state index is 6.66. The molecule has 0 spiro atoms. The number of anilines is 2. The van der Waals surface area contributed by atoms with Gasteiger partial charge >= 0.3 is 0 Å². The SMILES string of the molecule is CN(c1ccccc1Cl)P(c1ccccc1)N(C)P(c1ccccc1)N(C)c1ccccc1Cl. The van der Waals surface area contributed by atoms with Gasteiger partial charge in [0.05, 0.1) is 21.4 Å². The van der Waals surface area contributed by atoms with Gasteiger partial charge in [0.15, 0.2) is 0 Å². The third-order valence-electron chi connectivity index (χ3n) is 5.49. The molecule has 0 aromatic heterocycles. The topological polar surface area (TPSA) is 9.72 Å². The number of halogens is 2. The van der Waals surface area contributed by atoms with Crippen molar-refractivity contribution >= 4 is 61.6 Å². The van der Waals surface area contributed by atoms with E-state index in [-0.39, 0.29) is 0 Å².